The fourth-order valence-corrected chi connectivity index (χ4v) is 3.26. The van der Waals surface area contributed by atoms with E-state index in [1.165, 1.54) is 23.1 Å². The molecule has 0 saturated heterocycles. The molecule has 2 aromatic rings. The Morgan fingerprint density at radius 1 is 1.17 bits per heavy atom. The van der Waals surface area contributed by atoms with E-state index in [0.717, 1.165) is 0 Å². The zero-order valence-electron chi connectivity index (χ0n) is 13.1. The molecule has 0 fully saturated rings. The van der Waals surface area contributed by atoms with E-state index in [1.807, 2.05) is 39.0 Å². The van der Waals surface area contributed by atoms with Gasteiger partial charge in [0, 0.05) is 11.1 Å². The molecule has 6 nitrogen and oxygen atoms in total. The molecule has 1 heterocycles. The summed E-state index contributed by atoms with van der Waals surface area (Å²) in [7, 11) is 0. The van der Waals surface area contributed by atoms with Gasteiger partial charge in [0.2, 0.25) is 5.13 Å². The Hall–Kier alpha value is -1.93. The molecule has 0 aliphatic rings. The number of thioether (sulfide) groups is 1. The van der Waals surface area contributed by atoms with Crippen molar-refractivity contribution >= 4 is 40.0 Å². The molecule has 0 aliphatic carbocycles. The van der Waals surface area contributed by atoms with Crippen molar-refractivity contribution in [2.24, 2.45) is 0 Å². The molecule has 2 rings (SSSR count). The van der Waals surface area contributed by atoms with E-state index in [-0.39, 0.29) is 23.1 Å². The number of hydrogen-bond donors (Lipinski definition) is 2. The third kappa shape index (κ3) is 5.99. The Bertz CT molecular complexity index is 680. The van der Waals surface area contributed by atoms with Crippen LogP contribution in [0.25, 0.3) is 0 Å². The summed E-state index contributed by atoms with van der Waals surface area (Å²) in [5.74, 6) is 0.318. The van der Waals surface area contributed by atoms with Crippen molar-refractivity contribution in [1.29, 1.82) is 0 Å². The number of hydrogen-bond acceptors (Lipinski definition) is 6. The van der Waals surface area contributed by atoms with Crippen LogP contribution in [0.4, 0.5) is 9.93 Å². The van der Waals surface area contributed by atoms with Crippen LogP contribution in [0.15, 0.2) is 34.7 Å². The van der Waals surface area contributed by atoms with Gasteiger partial charge in [-0.15, -0.1) is 10.2 Å². The van der Waals surface area contributed by atoms with E-state index in [0.29, 0.717) is 15.0 Å². The minimum absolute atomic E-state index is 0.0331. The molecule has 2 amide bonds. The van der Waals surface area contributed by atoms with Gasteiger partial charge in [-0.25, -0.2) is 4.79 Å². The van der Waals surface area contributed by atoms with E-state index >= 15 is 0 Å². The van der Waals surface area contributed by atoms with E-state index in [1.54, 1.807) is 12.1 Å². The van der Waals surface area contributed by atoms with Crippen LogP contribution in [0.3, 0.4) is 0 Å². The van der Waals surface area contributed by atoms with Crippen LogP contribution in [0.2, 0.25) is 0 Å². The molecule has 0 radical (unpaired) electrons. The molecular formula is C15H18N4O2S2. The first kappa shape index (κ1) is 17.4. The van der Waals surface area contributed by atoms with E-state index in [2.05, 4.69) is 20.8 Å². The van der Waals surface area contributed by atoms with Crippen molar-refractivity contribution in [3.8, 4) is 0 Å². The van der Waals surface area contributed by atoms with E-state index < -0.39 is 0 Å². The Balaban J connectivity index is 1.85. The number of Topliss-reactive ketones (excluding diaryl/α,β-unsaturated/α-hetero) is 1. The standard InChI is InChI=1S/C15H18N4O2S2/c1-15(2,3)17-12(21)16-13-18-19-14(23-13)22-9-11(20)10-7-5-4-6-8-10/h4-8H,9H2,1-3H3,(H2,16,17,18,21). The molecule has 0 saturated carbocycles. The molecule has 1 aromatic carbocycles. The summed E-state index contributed by atoms with van der Waals surface area (Å²) >= 11 is 2.55. The lowest BCUT2D eigenvalue weighted by Gasteiger charge is -2.19. The first-order chi connectivity index (χ1) is 10.8. The molecular weight excluding hydrogens is 332 g/mol. The smallest absolute Gasteiger partial charge is 0.321 e. The fourth-order valence-electron chi connectivity index (χ4n) is 1.62. The summed E-state index contributed by atoms with van der Waals surface area (Å²) in [5.41, 5.74) is 0.349. The van der Waals surface area contributed by atoms with Crippen molar-refractivity contribution in [2.75, 3.05) is 11.1 Å². The maximum Gasteiger partial charge on any atom is 0.321 e. The Morgan fingerprint density at radius 3 is 2.52 bits per heavy atom. The SMILES string of the molecule is CC(C)(C)NC(=O)Nc1nnc(SCC(=O)c2ccccc2)s1. The maximum absolute atomic E-state index is 12.0. The van der Waals surface area contributed by atoms with Gasteiger partial charge in [0.1, 0.15) is 0 Å². The van der Waals surface area contributed by atoms with Crippen LogP contribution >= 0.6 is 23.1 Å². The Morgan fingerprint density at radius 2 is 1.87 bits per heavy atom. The van der Waals surface area contributed by atoms with Crippen LogP contribution in [0, 0.1) is 0 Å². The molecule has 0 unspecified atom stereocenters. The topological polar surface area (TPSA) is 84.0 Å². The lowest BCUT2D eigenvalue weighted by atomic mass is 10.1. The maximum atomic E-state index is 12.0. The largest absolute Gasteiger partial charge is 0.333 e. The first-order valence-corrected chi connectivity index (χ1v) is 8.77. The number of nitrogens with zero attached hydrogens (tertiary/aromatic N) is 2. The number of anilines is 1. The highest BCUT2D eigenvalue weighted by Gasteiger charge is 2.15. The predicted octanol–water partition coefficient (Wildman–Crippen LogP) is 3.43. The number of aromatic nitrogens is 2. The number of urea groups is 1. The van der Waals surface area contributed by atoms with Gasteiger partial charge in [-0.1, -0.05) is 53.4 Å². The van der Waals surface area contributed by atoms with Crippen molar-refractivity contribution in [1.82, 2.24) is 15.5 Å². The minimum Gasteiger partial charge on any atom is -0.333 e. The predicted molar refractivity (Wildman–Crippen MR) is 93.3 cm³/mol. The molecule has 0 aliphatic heterocycles. The van der Waals surface area contributed by atoms with Crippen molar-refractivity contribution in [2.45, 2.75) is 30.6 Å². The van der Waals surface area contributed by atoms with Gasteiger partial charge in [0.15, 0.2) is 10.1 Å². The van der Waals surface area contributed by atoms with Gasteiger partial charge in [-0.3, -0.25) is 10.1 Å². The van der Waals surface area contributed by atoms with Gasteiger partial charge < -0.3 is 5.32 Å². The Labute approximate surface area is 143 Å². The number of carbonyl (C=O) groups excluding carboxylic acids is 2. The zero-order valence-corrected chi connectivity index (χ0v) is 14.8. The lowest BCUT2D eigenvalue weighted by Crippen LogP contribution is -2.43. The molecule has 0 bridgehead atoms. The molecule has 1 aromatic heterocycles. The van der Waals surface area contributed by atoms with Crippen molar-refractivity contribution in [3.63, 3.8) is 0 Å². The van der Waals surface area contributed by atoms with Gasteiger partial charge >= 0.3 is 6.03 Å². The quantitative estimate of drug-likeness (QED) is 0.490. The second-order valence-electron chi connectivity index (χ2n) is 5.78. The average molecular weight is 350 g/mol. The number of amides is 2. The number of ketones is 1. The monoisotopic (exact) mass is 350 g/mol. The third-order valence-electron chi connectivity index (χ3n) is 2.54. The van der Waals surface area contributed by atoms with E-state index in [9.17, 15) is 9.59 Å². The van der Waals surface area contributed by atoms with Crippen LogP contribution < -0.4 is 10.6 Å². The van der Waals surface area contributed by atoms with Crippen LogP contribution in [-0.4, -0.2) is 33.3 Å². The van der Waals surface area contributed by atoms with Crippen molar-refractivity contribution in [3.05, 3.63) is 35.9 Å². The summed E-state index contributed by atoms with van der Waals surface area (Å²) in [5, 5.41) is 13.7. The summed E-state index contributed by atoms with van der Waals surface area (Å²) in [4.78, 5) is 23.8. The van der Waals surface area contributed by atoms with Gasteiger partial charge in [0.05, 0.1) is 5.75 Å². The first-order valence-electron chi connectivity index (χ1n) is 6.97. The van der Waals surface area contributed by atoms with Crippen LogP contribution in [0.1, 0.15) is 31.1 Å². The number of carbonyl (C=O) groups is 2. The summed E-state index contributed by atoms with van der Waals surface area (Å²) in [6.45, 7) is 5.68. The summed E-state index contributed by atoms with van der Waals surface area (Å²) in [6.07, 6.45) is 0. The van der Waals surface area contributed by atoms with Gasteiger partial charge in [0.25, 0.3) is 0 Å². The molecule has 0 atom stereocenters. The number of nitrogens with one attached hydrogen (secondary N) is 2. The third-order valence-corrected chi connectivity index (χ3v) is 4.51. The normalized spacial score (nSPS) is 11.1. The molecule has 0 spiro atoms. The summed E-state index contributed by atoms with van der Waals surface area (Å²) < 4.78 is 0.639. The van der Waals surface area contributed by atoms with E-state index in [4.69, 9.17) is 0 Å². The Kier molecular flexibility index (Phi) is 5.73. The fraction of sp³-hybridized carbons (Fsp3) is 0.333. The minimum atomic E-state index is -0.328. The zero-order chi connectivity index (χ0) is 16.9. The molecule has 8 heteroatoms. The summed E-state index contributed by atoms with van der Waals surface area (Å²) in [6, 6.07) is 8.78. The molecule has 2 N–H and O–H groups in total. The van der Waals surface area contributed by atoms with Crippen LogP contribution in [-0.2, 0) is 0 Å². The number of benzene rings is 1. The lowest BCUT2D eigenvalue weighted by molar-refractivity contribution is 0.102. The second-order valence-corrected chi connectivity index (χ2v) is 7.98. The van der Waals surface area contributed by atoms with Crippen LogP contribution in [0.5, 0.6) is 0 Å². The average Bonchev–Trinajstić information content (AvgIpc) is 2.91. The van der Waals surface area contributed by atoms with Crippen molar-refractivity contribution < 1.29 is 9.59 Å². The highest BCUT2D eigenvalue weighted by Crippen LogP contribution is 2.26. The number of rotatable bonds is 5. The molecule has 23 heavy (non-hydrogen) atoms. The molecule has 122 valence electrons. The second kappa shape index (κ2) is 7.56. The highest BCUT2D eigenvalue weighted by atomic mass is 32.2. The highest BCUT2D eigenvalue weighted by molar-refractivity contribution is 8.01. The van der Waals surface area contributed by atoms with Gasteiger partial charge in [-0.2, -0.15) is 0 Å². The van der Waals surface area contributed by atoms with Gasteiger partial charge in [-0.05, 0) is 20.8 Å².